The molecule has 0 fully saturated rings. The molecule has 0 atom stereocenters. The van der Waals surface area contributed by atoms with Gasteiger partial charge in [0, 0.05) is 12.6 Å². The van der Waals surface area contributed by atoms with Gasteiger partial charge in [0.25, 0.3) is 16.0 Å². The van der Waals surface area contributed by atoms with E-state index < -0.39 is 10.1 Å². The van der Waals surface area contributed by atoms with E-state index in [4.69, 9.17) is 4.55 Å². The minimum Gasteiger partial charge on any atom is -0.364 e. The number of carbonyl (C=O) groups excluding carboxylic acids is 1. The van der Waals surface area contributed by atoms with E-state index in [1.54, 1.807) is 0 Å². The van der Waals surface area contributed by atoms with Crippen molar-refractivity contribution in [3.63, 3.8) is 0 Å². The van der Waals surface area contributed by atoms with Gasteiger partial charge in [-0.05, 0) is 6.92 Å². The molecule has 0 bridgehead atoms. The lowest BCUT2D eigenvalue weighted by Crippen LogP contribution is -2.22. The maximum Gasteiger partial charge on any atom is 0.273 e. The summed E-state index contributed by atoms with van der Waals surface area (Å²) >= 11 is 0. The highest BCUT2D eigenvalue weighted by atomic mass is 32.2. The number of hydrogen-bond donors (Lipinski definition) is 2. The molecule has 0 aliphatic carbocycles. The van der Waals surface area contributed by atoms with Crippen molar-refractivity contribution in [1.29, 1.82) is 0 Å². The van der Waals surface area contributed by atoms with E-state index in [0.717, 1.165) is 0 Å². The highest BCUT2D eigenvalue weighted by Gasteiger charge is 2.05. The minimum absolute atomic E-state index is 0.198. The van der Waals surface area contributed by atoms with E-state index in [9.17, 15) is 13.2 Å². The van der Waals surface area contributed by atoms with Gasteiger partial charge in [-0.1, -0.05) is 5.16 Å². The van der Waals surface area contributed by atoms with Crippen molar-refractivity contribution in [3.05, 3.63) is 18.0 Å². The zero-order valence-corrected chi connectivity index (χ0v) is 9.11. The summed E-state index contributed by atoms with van der Waals surface area (Å²) in [7, 11) is -3.67. The normalized spacial score (nSPS) is 10.1. The summed E-state index contributed by atoms with van der Waals surface area (Å²) in [5.41, 5.74) is 0.321. The first-order valence-electron chi connectivity index (χ1n) is 3.95. The standard InChI is InChI=1S/C6H8N2O2.CH4O3S/c1-2-7-6(9)5-3-4-10-8-5;1-5(2,3)4/h3-4H,2H2,1H3,(H,7,9);1H3,(H,2,3,4). The van der Waals surface area contributed by atoms with Crippen molar-refractivity contribution < 1.29 is 22.3 Å². The maximum atomic E-state index is 10.9. The van der Waals surface area contributed by atoms with Crippen LogP contribution in [0.1, 0.15) is 17.4 Å². The zero-order valence-electron chi connectivity index (χ0n) is 8.30. The molecule has 1 rings (SSSR count). The van der Waals surface area contributed by atoms with E-state index in [2.05, 4.69) is 15.0 Å². The van der Waals surface area contributed by atoms with Crippen LogP contribution in [-0.2, 0) is 10.1 Å². The van der Waals surface area contributed by atoms with Gasteiger partial charge in [-0.25, -0.2) is 0 Å². The van der Waals surface area contributed by atoms with E-state index >= 15 is 0 Å². The maximum absolute atomic E-state index is 10.9. The molecule has 0 aliphatic heterocycles. The molecule has 8 heteroatoms. The average Bonchev–Trinajstić information content (AvgIpc) is 2.52. The van der Waals surface area contributed by atoms with E-state index in [-0.39, 0.29) is 5.91 Å². The summed E-state index contributed by atoms with van der Waals surface area (Å²) in [6.07, 6.45) is 2.08. The molecule has 0 unspecified atom stereocenters. The first kappa shape index (κ1) is 13.6. The molecule has 1 aromatic heterocycles. The van der Waals surface area contributed by atoms with Gasteiger partial charge in [0.2, 0.25) is 0 Å². The third kappa shape index (κ3) is 8.91. The second kappa shape index (κ2) is 6.14. The first-order chi connectivity index (χ1) is 6.84. The molecular formula is C7H12N2O5S. The van der Waals surface area contributed by atoms with Gasteiger partial charge in [0.05, 0.1) is 6.26 Å². The molecule has 0 saturated heterocycles. The second-order valence-corrected chi connectivity index (χ2v) is 3.94. The van der Waals surface area contributed by atoms with Crippen LogP contribution in [0.25, 0.3) is 0 Å². The van der Waals surface area contributed by atoms with E-state index in [1.165, 1.54) is 12.3 Å². The van der Waals surface area contributed by atoms with Crippen LogP contribution in [0.3, 0.4) is 0 Å². The Balaban J connectivity index is 0.000000336. The van der Waals surface area contributed by atoms with Gasteiger partial charge in [0.1, 0.15) is 6.26 Å². The number of amides is 1. The van der Waals surface area contributed by atoms with Gasteiger partial charge in [0.15, 0.2) is 5.69 Å². The number of nitrogens with zero attached hydrogens (tertiary/aromatic N) is 1. The van der Waals surface area contributed by atoms with Crippen molar-refractivity contribution in [1.82, 2.24) is 10.5 Å². The number of aromatic nitrogens is 1. The summed E-state index contributed by atoms with van der Waals surface area (Å²) in [6, 6.07) is 1.52. The SMILES string of the molecule is CCNC(=O)c1ccon1.CS(=O)(=O)O. The van der Waals surface area contributed by atoms with Crippen LogP contribution < -0.4 is 5.32 Å². The molecule has 1 heterocycles. The highest BCUT2D eigenvalue weighted by Crippen LogP contribution is 1.92. The molecule has 1 amide bonds. The monoisotopic (exact) mass is 236 g/mol. The quantitative estimate of drug-likeness (QED) is 0.695. The van der Waals surface area contributed by atoms with Crippen molar-refractivity contribution in [2.45, 2.75) is 6.92 Å². The summed E-state index contributed by atoms with van der Waals surface area (Å²) in [4.78, 5) is 10.9. The highest BCUT2D eigenvalue weighted by molar-refractivity contribution is 7.85. The predicted molar refractivity (Wildman–Crippen MR) is 52.0 cm³/mol. The van der Waals surface area contributed by atoms with Crippen LogP contribution in [0.15, 0.2) is 16.9 Å². The lowest BCUT2D eigenvalue weighted by atomic mass is 10.4. The van der Waals surface area contributed by atoms with Gasteiger partial charge in [-0.3, -0.25) is 9.35 Å². The Morgan fingerprint density at radius 1 is 1.67 bits per heavy atom. The molecule has 15 heavy (non-hydrogen) atoms. The van der Waals surface area contributed by atoms with Gasteiger partial charge in [-0.15, -0.1) is 0 Å². The summed E-state index contributed by atoms with van der Waals surface area (Å²) < 4.78 is 30.3. The summed E-state index contributed by atoms with van der Waals surface area (Å²) in [6.45, 7) is 2.45. The van der Waals surface area contributed by atoms with E-state index in [0.29, 0.717) is 18.5 Å². The Morgan fingerprint density at radius 2 is 2.20 bits per heavy atom. The molecular weight excluding hydrogens is 224 g/mol. The number of rotatable bonds is 2. The number of hydrogen-bond acceptors (Lipinski definition) is 5. The summed E-state index contributed by atoms with van der Waals surface area (Å²) in [5.74, 6) is -0.198. The molecule has 0 radical (unpaired) electrons. The Labute approximate surface area is 87.2 Å². The average molecular weight is 236 g/mol. The fourth-order valence-corrected chi connectivity index (χ4v) is 0.581. The molecule has 7 nitrogen and oxygen atoms in total. The van der Waals surface area contributed by atoms with Gasteiger partial charge in [-0.2, -0.15) is 8.42 Å². The van der Waals surface area contributed by atoms with Crippen molar-refractivity contribution >= 4 is 16.0 Å². The largest absolute Gasteiger partial charge is 0.364 e. The molecule has 0 aromatic carbocycles. The zero-order chi connectivity index (χ0) is 11.9. The van der Waals surface area contributed by atoms with Crippen molar-refractivity contribution in [2.24, 2.45) is 0 Å². The van der Waals surface area contributed by atoms with Crippen molar-refractivity contribution in [2.75, 3.05) is 12.8 Å². The molecule has 0 aliphatic rings. The number of carbonyl (C=O) groups is 1. The minimum atomic E-state index is -3.67. The van der Waals surface area contributed by atoms with Crippen LogP contribution in [0, 0.1) is 0 Å². The third-order valence-electron chi connectivity index (χ3n) is 1.01. The van der Waals surface area contributed by atoms with E-state index in [1.807, 2.05) is 6.92 Å². The second-order valence-electron chi connectivity index (χ2n) is 2.48. The lowest BCUT2D eigenvalue weighted by Gasteiger charge is -1.93. The molecule has 86 valence electrons. The fourth-order valence-electron chi connectivity index (χ4n) is 0.581. The van der Waals surface area contributed by atoms with Crippen LogP contribution >= 0.6 is 0 Å². The Hall–Kier alpha value is -1.41. The van der Waals surface area contributed by atoms with Crippen LogP contribution in [0.4, 0.5) is 0 Å². The summed E-state index contributed by atoms with van der Waals surface area (Å²) in [5, 5.41) is 6.03. The van der Waals surface area contributed by atoms with Crippen molar-refractivity contribution in [3.8, 4) is 0 Å². The van der Waals surface area contributed by atoms with Crippen LogP contribution in [0.5, 0.6) is 0 Å². The Bertz CT molecular complexity index is 376. The first-order valence-corrected chi connectivity index (χ1v) is 5.80. The smallest absolute Gasteiger partial charge is 0.273 e. The topological polar surface area (TPSA) is 110 Å². The molecule has 0 saturated carbocycles. The van der Waals surface area contributed by atoms with Crippen LogP contribution in [-0.4, -0.2) is 36.8 Å². The fraction of sp³-hybridized carbons (Fsp3) is 0.429. The Morgan fingerprint density at radius 3 is 2.53 bits per heavy atom. The number of nitrogens with one attached hydrogen (secondary N) is 1. The van der Waals surface area contributed by atoms with Crippen LogP contribution in [0.2, 0.25) is 0 Å². The molecule has 0 spiro atoms. The van der Waals surface area contributed by atoms with Gasteiger partial charge >= 0.3 is 0 Å². The Kier molecular flexibility index (Phi) is 5.57. The van der Waals surface area contributed by atoms with Gasteiger partial charge < -0.3 is 9.84 Å². The third-order valence-corrected chi connectivity index (χ3v) is 1.01. The lowest BCUT2D eigenvalue weighted by molar-refractivity contribution is 0.0947. The predicted octanol–water partition coefficient (Wildman–Crippen LogP) is -0.0717. The molecule has 2 N–H and O–H groups in total. The molecule has 1 aromatic rings.